The quantitative estimate of drug-likeness (QED) is 0.551. The van der Waals surface area contributed by atoms with Crippen LogP contribution in [0.3, 0.4) is 0 Å². The molecule has 1 aromatic carbocycles. The van der Waals surface area contributed by atoms with Crippen molar-refractivity contribution >= 4 is 35.2 Å². The summed E-state index contributed by atoms with van der Waals surface area (Å²) in [7, 11) is 0. The van der Waals surface area contributed by atoms with E-state index in [1.807, 2.05) is 20.8 Å². The molecule has 0 unspecified atom stereocenters. The molecular formula is C17H23ClN2O5. The molecule has 0 atom stereocenters. The standard InChI is InChI=1S/C17H22N2O5.ClH/c1-5-23-16(22)24-14-8-11-10(6-7-12(20)15(11)19-14)13(21)9-18-17(2,3)4;/h6-8,18-20H,5,9H2,1-4H3;1H. The molecule has 0 saturated carbocycles. The molecule has 138 valence electrons. The lowest BCUT2D eigenvalue weighted by molar-refractivity contribution is 0.0982. The van der Waals surface area contributed by atoms with E-state index >= 15 is 0 Å². The van der Waals surface area contributed by atoms with E-state index in [9.17, 15) is 14.7 Å². The van der Waals surface area contributed by atoms with Crippen LogP contribution in [0.4, 0.5) is 4.79 Å². The first kappa shape index (κ1) is 20.8. The van der Waals surface area contributed by atoms with E-state index in [1.165, 1.54) is 12.1 Å². The smallest absolute Gasteiger partial charge is 0.506 e. The molecule has 0 bridgehead atoms. The lowest BCUT2D eigenvalue weighted by atomic mass is 10.0. The first-order valence-corrected chi connectivity index (χ1v) is 7.69. The van der Waals surface area contributed by atoms with Gasteiger partial charge in [-0.05, 0) is 39.8 Å². The van der Waals surface area contributed by atoms with E-state index in [4.69, 9.17) is 9.47 Å². The highest BCUT2D eigenvalue weighted by Gasteiger charge is 2.18. The average molecular weight is 371 g/mol. The molecular weight excluding hydrogens is 348 g/mol. The van der Waals surface area contributed by atoms with Crippen molar-refractivity contribution in [2.75, 3.05) is 13.2 Å². The number of hydrogen-bond donors (Lipinski definition) is 3. The number of phenolic OH excluding ortho intramolecular Hbond substituents is 1. The third-order valence-electron chi connectivity index (χ3n) is 3.28. The highest BCUT2D eigenvalue weighted by molar-refractivity contribution is 6.10. The summed E-state index contributed by atoms with van der Waals surface area (Å²) in [4.78, 5) is 26.6. The fourth-order valence-corrected chi connectivity index (χ4v) is 2.16. The predicted molar refractivity (Wildman–Crippen MR) is 96.9 cm³/mol. The van der Waals surface area contributed by atoms with Crippen molar-refractivity contribution in [2.24, 2.45) is 0 Å². The van der Waals surface area contributed by atoms with Crippen molar-refractivity contribution in [3.05, 3.63) is 23.8 Å². The molecule has 7 nitrogen and oxygen atoms in total. The Morgan fingerprint density at radius 1 is 1.28 bits per heavy atom. The van der Waals surface area contributed by atoms with Crippen LogP contribution in [0, 0.1) is 0 Å². The van der Waals surface area contributed by atoms with Crippen LogP contribution >= 0.6 is 12.4 Å². The van der Waals surface area contributed by atoms with Crippen molar-refractivity contribution in [1.29, 1.82) is 0 Å². The fourth-order valence-electron chi connectivity index (χ4n) is 2.16. The van der Waals surface area contributed by atoms with Gasteiger partial charge < -0.3 is 24.9 Å². The molecule has 2 aromatic rings. The molecule has 1 heterocycles. The molecule has 0 aliphatic carbocycles. The molecule has 8 heteroatoms. The molecule has 3 N–H and O–H groups in total. The van der Waals surface area contributed by atoms with Gasteiger partial charge in [-0.25, -0.2) is 4.79 Å². The summed E-state index contributed by atoms with van der Waals surface area (Å²) < 4.78 is 9.69. The van der Waals surface area contributed by atoms with Gasteiger partial charge in [-0.1, -0.05) is 0 Å². The largest absolute Gasteiger partial charge is 0.515 e. The number of ether oxygens (including phenoxy) is 2. The molecule has 0 amide bonds. The number of Topliss-reactive ketones (excluding diaryl/α,β-unsaturated/α-hetero) is 1. The van der Waals surface area contributed by atoms with Gasteiger partial charge in [0.15, 0.2) is 5.78 Å². The summed E-state index contributed by atoms with van der Waals surface area (Å²) in [6, 6.07) is 4.47. The second-order valence-corrected chi connectivity index (χ2v) is 6.37. The number of aromatic hydroxyl groups is 1. The maximum atomic E-state index is 12.5. The van der Waals surface area contributed by atoms with E-state index in [-0.39, 0.29) is 48.5 Å². The lowest BCUT2D eigenvalue weighted by Gasteiger charge is -2.19. The normalized spacial score (nSPS) is 11.0. The molecule has 0 saturated heterocycles. The minimum atomic E-state index is -0.856. The molecule has 0 aliphatic rings. The number of halogens is 1. The Hall–Kier alpha value is -2.25. The van der Waals surface area contributed by atoms with E-state index in [2.05, 4.69) is 10.3 Å². The van der Waals surface area contributed by atoms with E-state index in [1.54, 1.807) is 13.0 Å². The topological polar surface area (TPSA) is 101 Å². The molecule has 1 aromatic heterocycles. The number of carbonyl (C=O) groups excluding carboxylic acids is 2. The number of aromatic nitrogens is 1. The van der Waals surface area contributed by atoms with Gasteiger partial charge in [0.25, 0.3) is 0 Å². The number of phenols is 1. The predicted octanol–water partition coefficient (Wildman–Crippen LogP) is 3.40. The van der Waals surface area contributed by atoms with Crippen LogP contribution in [0.5, 0.6) is 11.6 Å². The molecule has 0 fully saturated rings. The van der Waals surface area contributed by atoms with Gasteiger partial charge in [0.05, 0.1) is 18.7 Å². The van der Waals surface area contributed by atoms with Crippen LogP contribution in [0.25, 0.3) is 10.9 Å². The summed E-state index contributed by atoms with van der Waals surface area (Å²) in [5.41, 5.74) is 0.563. The maximum absolute atomic E-state index is 12.5. The van der Waals surface area contributed by atoms with Gasteiger partial charge in [0.1, 0.15) is 5.75 Å². The summed E-state index contributed by atoms with van der Waals surface area (Å²) in [6.07, 6.45) is -0.856. The van der Waals surface area contributed by atoms with Crippen LogP contribution in [-0.2, 0) is 4.74 Å². The first-order chi connectivity index (χ1) is 11.2. The zero-order valence-corrected chi connectivity index (χ0v) is 15.5. The van der Waals surface area contributed by atoms with Crippen LogP contribution in [0.15, 0.2) is 18.2 Å². The van der Waals surface area contributed by atoms with Crippen LogP contribution in [0.2, 0.25) is 0 Å². The number of aromatic amines is 1. The van der Waals surface area contributed by atoms with Gasteiger partial charge in [0.2, 0.25) is 5.88 Å². The second kappa shape index (κ2) is 8.22. The van der Waals surface area contributed by atoms with Crippen molar-refractivity contribution in [3.63, 3.8) is 0 Å². The molecule has 2 rings (SSSR count). The zero-order valence-electron chi connectivity index (χ0n) is 14.6. The summed E-state index contributed by atoms with van der Waals surface area (Å²) >= 11 is 0. The Balaban J connectivity index is 0.00000312. The number of hydrogen-bond acceptors (Lipinski definition) is 6. The van der Waals surface area contributed by atoms with Gasteiger partial charge in [-0.3, -0.25) is 4.79 Å². The third kappa shape index (κ3) is 5.37. The van der Waals surface area contributed by atoms with Crippen LogP contribution < -0.4 is 10.1 Å². The van der Waals surface area contributed by atoms with Crippen molar-refractivity contribution < 1.29 is 24.2 Å². The molecule has 25 heavy (non-hydrogen) atoms. The number of fused-ring (bicyclic) bond motifs is 1. The Morgan fingerprint density at radius 3 is 2.56 bits per heavy atom. The highest BCUT2D eigenvalue weighted by atomic mass is 35.5. The Morgan fingerprint density at radius 2 is 1.96 bits per heavy atom. The number of ketones is 1. The zero-order chi connectivity index (χ0) is 17.9. The van der Waals surface area contributed by atoms with Gasteiger partial charge in [0, 0.05) is 22.6 Å². The van der Waals surface area contributed by atoms with E-state index in [0.29, 0.717) is 16.5 Å². The number of rotatable bonds is 5. The molecule has 0 radical (unpaired) electrons. The number of nitrogens with one attached hydrogen (secondary N) is 2. The Kier molecular flexibility index (Phi) is 6.84. The number of carbonyl (C=O) groups is 2. The van der Waals surface area contributed by atoms with Gasteiger partial charge in [-0.2, -0.15) is 0 Å². The van der Waals surface area contributed by atoms with Crippen molar-refractivity contribution in [1.82, 2.24) is 10.3 Å². The fraction of sp³-hybridized carbons (Fsp3) is 0.412. The van der Waals surface area contributed by atoms with Gasteiger partial charge >= 0.3 is 6.16 Å². The minimum Gasteiger partial charge on any atom is -0.506 e. The van der Waals surface area contributed by atoms with Gasteiger partial charge in [-0.15, -0.1) is 12.4 Å². The third-order valence-corrected chi connectivity index (χ3v) is 3.28. The Bertz CT molecular complexity index is 764. The van der Waals surface area contributed by atoms with E-state index < -0.39 is 6.16 Å². The average Bonchev–Trinajstić information content (AvgIpc) is 2.89. The SMILES string of the molecule is CCOC(=O)Oc1cc2c(C(=O)CNC(C)(C)C)ccc(O)c2[nH]1.Cl. The van der Waals surface area contributed by atoms with E-state index in [0.717, 1.165) is 0 Å². The second-order valence-electron chi connectivity index (χ2n) is 6.37. The van der Waals surface area contributed by atoms with Crippen molar-refractivity contribution in [3.8, 4) is 11.6 Å². The summed E-state index contributed by atoms with van der Waals surface area (Å²) in [5.74, 6) is -0.0663. The Labute approximate surface area is 152 Å². The summed E-state index contributed by atoms with van der Waals surface area (Å²) in [6.45, 7) is 7.91. The maximum Gasteiger partial charge on any atom is 0.515 e. The summed E-state index contributed by atoms with van der Waals surface area (Å²) in [5, 5.41) is 13.6. The number of H-pyrrole nitrogens is 1. The van der Waals surface area contributed by atoms with Crippen molar-refractivity contribution in [2.45, 2.75) is 33.2 Å². The first-order valence-electron chi connectivity index (χ1n) is 7.69. The molecule has 0 spiro atoms. The monoisotopic (exact) mass is 370 g/mol. The van der Waals surface area contributed by atoms with Crippen LogP contribution in [0.1, 0.15) is 38.1 Å². The number of benzene rings is 1. The minimum absolute atomic E-state index is 0. The lowest BCUT2D eigenvalue weighted by Crippen LogP contribution is -2.39. The molecule has 0 aliphatic heterocycles. The highest BCUT2D eigenvalue weighted by Crippen LogP contribution is 2.31. The van der Waals surface area contributed by atoms with Crippen LogP contribution in [-0.4, -0.2) is 40.7 Å².